The van der Waals surface area contributed by atoms with E-state index in [0.29, 0.717) is 30.8 Å². The van der Waals surface area contributed by atoms with Gasteiger partial charge in [0.25, 0.3) is 5.91 Å². The van der Waals surface area contributed by atoms with Crippen molar-refractivity contribution in [2.24, 2.45) is 0 Å². The summed E-state index contributed by atoms with van der Waals surface area (Å²) in [4.78, 5) is 16.0. The van der Waals surface area contributed by atoms with E-state index in [0.717, 1.165) is 22.3 Å². The zero-order valence-corrected chi connectivity index (χ0v) is 14.1. The number of nitrogens with one attached hydrogen (secondary N) is 2. The summed E-state index contributed by atoms with van der Waals surface area (Å²) >= 11 is 0. The summed E-state index contributed by atoms with van der Waals surface area (Å²) in [6.45, 7) is 1.02. The molecule has 0 radical (unpaired) electrons. The molecule has 0 bridgehead atoms. The van der Waals surface area contributed by atoms with E-state index in [9.17, 15) is 9.18 Å². The molecule has 2 N–H and O–H groups in total. The fourth-order valence-corrected chi connectivity index (χ4v) is 3.18. The van der Waals surface area contributed by atoms with E-state index in [1.807, 2.05) is 30.3 Å². The molecule has 2 aromatic carbocycles. The first-order chi connectivity index (χ1) is 12.7. The fraction of sp³-hybridized carbons (Fsp3) is 0.143. The van der Waals surface area contributed by atoms with Gasteiger partial charge in [-0.15, -0.1) is 0 Å². The molecule has 5 heteroatoms. The van der Waals surface area contributed by atoms with Gasteiger partial charge in [-0.3, -0.25) is 9.78 Å². The number of amides is 1. The quantitative estimate of drug-likeness (QED) is 0.755. The molecule has 4 rings (SSSR count). The minimum Gasteiger partial charge on any atom is -0.379 e. The number of carbonyl (C=O) groups is 1. The third-order valence-corrected chi connectivity index (χ3v) is 4.54. The third kappa shape index (κ3) is 3.28. The Morgan fingerprint density at radius 2 is 1.92 bits per heavy atom. The molecule has 1 aromatic heterocycles. The largest absolute Gasteiger partial charge is 0.379 e. The molecule has 0 saturated carbocycles. The Kier molecular flexibility index (Phi) is 4.35. The van der Waals surface area contributed by atoms with E-state index in [1.165, 1.54) is 6.07 Å². The van der Waals surface area contributed by atoms with Crippen molar-refractivity contribution in [3.63, 3.8) is 0 Å². The van der Waals surface area contributed by atoms with Crippen molar-refractivity contribution in [1.29, 1.82) is 0 Å². The fourth-order valence-electron chi connectivity index (χ4n) is 3.18. The minimum atomic E-state index is -0.330. The van der Waals surface area contributed by atoms with E-state index in [1.54, 1.807) is 18.5 Å². The molecule has 0 fully saturated rings. The first-order valence-corrected chi connectivity index (χ1v) is 8.54. The molecule has 0 aliphatic carbocycles. The summed E-state index contributed by atoms with van der Waals surface area (Å²) < 4.78 is 14.4. The molecule has 1 aliphatic rings. The summed E-state index contributed by atoms with van der Waals surface area (Å²) in [5, 5.41) is 5.90. The molecular weight excluding hydrogens is 329 g/mol. The van der Waals surface area contributed by atoms with Crippen molar-refractivity contribution < 1.29 is 9.18 Å². The average molecular weight is 347 g/mol. The third-order valence-electron chi connectivity index (χ3n) is 4.54. The number of benzene rings is 2. The number of anilines is 1. The van der Waals surface area contributed by atoms with Gasteiger partial charge in [0.15, 0.2) is 0 Å². The molecule has 0 saturated heterocycles. The highest BCUT2D eigenvalue weighted by Gasteiger charge is 2.19. The topological polar surface area (TPSA) is 54.0 Å². The van der Waals surface area contributed by atoms with Crippen LogP contribution in [0.4, 0.5) is 10.1 Å². The normalized spacial score (nSPS) is 13.0. The van der Waals surface area contributed by atoms with Crippen molar-refractivity contribution in [3.8, 4) is 11.1 Å². The van der Waals surface area contributed by atoms with Crippen molar-refractivity contribution in [3.05, 3.63) is 83.4 Å². The Morgan fingerprint density at radius 3 is 2.77 bits per heavy atom. The highest BCUT2D eigenvalue weighted by atomic mass is 19.1. The van der Waals surface area contributed by atoms with E-state index < -0.39 is 0 Å². The van der Waals surface area contributed by atoms with Crippen LogP contribution in [0.25, 0.3) is 11.1 Å². The Bertz CT molecular complexity index is 957. The van der Waals surface area contributed by atoms with Crippen molar-refractivity contribution in [2.75, 3.05) is 11.9 Å². The highest BCUT2D eigenvalue weighted by molar-refractivity contribution is 5.97. The van der Waals surface area contributed by atoms with Crippen LogP contribution in [0, 0.1) is 5.82 Å². The van der Waals surface area contributed by atoms with Gasteiger partial charge in [-0.25, -0.2) is 4.39 Å². The van der Waals surface area contributed by atoms with Crippen LogP contribution in [0.2, 0.25) is 0 Å². The molecule has 0 atom stereocenters. The molecule has 1 aliphatic heterocycles. The molecule has 2 heterocycles. The lowest BCUT2D eigenvalue weighted by molar-refractivity contribution is 0.0946. The number of aromatic nitrogens is 1. The lowest BCUT2D eigenvalue weighted by Crippen LogP contribution is -2.32. The van der Waals surface area contributed by atoms with Crippen LogP contribution in [-0.2, 0) is 13.0 Å². The van der Waals surface area contributed by atoms with E-state index in [4.69, 9.17) is 0 Å². The zero-order valence-electron chi connectivity index (χ0n) is 14.1. The Labute approximate surface area is 151 Å². The Hall–Kier alpha value is -3.21. The van der Waals surface area contributed by atoms with Gasteiger partial charge in [0.2, 0.25) is 0 Å². The average Bonchev–Trinajstić information content (AvgIpc) is 2.68. The van der Waals surface area contributed by atoms with E-state index in [-0.39, 0.29) is 11.7 Å². The van der Waals surface area contributed by atoms with E-state index >= 15 is 0 Å². The second-order valence-corrected chi connectivity index (χ2v) is 6.28. The van der Waals surface area contributed by atoms with Crippen LogP contribution < -0.4 is 10.6 Å². The first-order valence-electron chi connectivity index (χ1n) is 8.54. The second kappa shape index (κ2) is 6.96. The molecule has 4 nitrogen and oxygen atoms in total. The maximum absolute atomic E-state index is 14.4. The van der Waals surface area contributed by atoms with Crippen molar-refractivity contribution >= 4 is 11.6 Å². The number of pyridine rings is 1. The van der Waals surface area contributed by atoms with Gasteiger partial charge in [-0.05, 0) is 59.0 Å². The van der Waals surface area contributed by atoms with Crippen molar-refractivity contribution in [1.82, 2.24) is 10.3 Å². The summed E-state index contributed by atoms with van der Waals surface area (Å²) in [6.07, 6.45) is 4.17. The van der Waals surface area contributed by atoms with Gasteiger partial charge in [0.1, 0.15) is 5.82 Å². The number of hydrogen-bond donors (Lipinski definition) is 2. The minimum absolute atomic E-state index is 0.144. The van der Waals surface area contributed by atoms with Crippen molar-refractivity contribution in [2.45, 2.75) is 13.0 Å². The number of rotatable bonds is 4. The lowest BCUT2D eigenvalue weighted by Gasteiger charge is -2.18. The second-order valence-electron chi connectivity index (χ2n) is 6.28. The molecule has 0 spiro atoms. The summed E-state index contributed by atoms with van der Waals surface area (Å²) in [7, 11) is 0. The number of carbonyl (C=O) groups excluding carboxylic acids is 1. The first kappa shape index (κ1) is 16.3. The van der Waals surface area contributed by atoms with Crippen LogP contribution in [-0.4, -0.2) is 17.4 Å². The summed E-state index contributed by atoms with van der Waals surface area (Å²) in [5.41, 5.74) is 4.84. The number of nitrogens with zero attached hydrogens (tertiary/aromatic N) is 1. The highest BCUT2D eigenvalue weighted by Crippen LogP contribution is 2.24. The monoisotopic (exact) mass is 347 g/mol. The number of halogens is 1. The van der Waals surface area contributed by atoms with Crippen LogP contribution in [0.15, 0.2) is 60.9 Å². The maximum Gasteiger partial charge on any atom is 0.251 e. The maximum atomic E-state index is 14.4. The predicted octanol–water partition coefficient (Wildman–Crippen LogP) is 3.79. The molecule has 1 amide bonds. The smallest absolute Gasteiger partial charge is 0.251 e. The van der Waals surface area contributed by atoms with Crippen LogP contribution in [0.1, 0.15) is 21.5 Å². The van der Waals surface area contributed by atoms with Gasteiger partial charge in [0.05, 0.1) is 5.69 Å². The molecule has 26 heavy (non-hydrogen) atoms. The van der Waals surface area contributed by atoms with Crippen LogP contribution in [0.5, 0.6) is 0 Å². The van der Waals surface area contributed by atoms with Gasteiger partial charge in [0, 0.05) is 31.0 Å². The van der Waals surface area contributed by atoms with Gasteiger partial charge in [-0.1, -0.05) is 18.2 Å². The predicted molar refractivity (Wildman–Crippen MR) is 99.4 cm³/mol. The summed E-state index contributed by atoms with van der Waals surface area (Å²) in [6, 6.07) is 15.0. The Morgan fingerprint density at radius 1 is 1.08 bits per heavy atom. The van der Waals surface area contributed by atoms with E-state index in [2.05, 4.69) is 21.7 Å². The molecule has 0 unspecified atom stereocenters. The summed E-state index contributed by atoms with van der Waals surface area (Å²) in [5.74, 6) is -0.474. The van der Waals surface area contributed by atoms with Crippen LogP contribution >= 0.6 is 0 Å². The SMILES string of the molecule is O=C1NCCc2cc(F)c(NCc3cccc(-c4ccncc4)c3)cc21. The van der Waals surface area contributed by atoms with Crippen LogP contribution in [0.3, 0.4) is 0 Å². The molecule has 130 valence electrons. The molecular formula is C21H18FN3O. The van der Waals surface area contributed by atoms with Gasteiger partial charge < -0.3 is 10.6 Å². The van der Waals surface area contributed by atoms with Gasteiger partial charge >= 0.3 is 0 Å². The number of hydrogen-bond acceptors (Lipinski definition) is 3. The number of fused-ring (bicyclic) bond motifs is 1. The standard InChI is InChI=1S/C21H18FN3O/c22-19-11-17-6-9-24-21(26)18(17)12-20(19)25-13-14-2-1-3-16(10-14)15-4-7-23-8-5-15/h1-5,7-8,10-12,25H,6,9,13H2,(H,24,26). The zero-order chi connectivity index (χ0) is 17.9. The Balaban J connectivity index is 1.55. The van der Waals surface area contributed by atoms with Gasteiger partial charge in [-0.2, -0.15) is 0 Å². The molecule has 3 aromatic rings. The lowest BCUT2D eigenvalue weighted by atomic mass is 9.99.